The van der Waals surface area contributed by atoms with Gasteiger partial charge in [0.05, 0.1) is 0 Å². The van der Waals surface area contributed by atoms with Crippen LogP contribution in [0.5, 0.6) is 0 Å². The Balaban J connectivity index is 1.22. The van der Waals surface area contributed by atoms with E-state index in [-0.39, 0.29) is 10.8 Å². The summed E-state index contributed by atoms with van der Waals surface area (Å²) in [6.45, 7) is 14.4. The molecule has 0 unspecified atom stereocenters. The van der Waals surface area contributed by atoms with Crippen LogP contribution in [0.15, 0.2) is 158 Å². The van der Waals surface area contributed by atoms with E-state index in [1.165, 1.54) is 89.8 Å². The second kappa shape index (κ2) is 13.0. The molecule has 0 saturated carbocycles. The Morgan fingerprint density at radius 1 is 0.444 bits per heavy atom. The Bertz CT molecular complexity index is 2670. The molecular formula is C53H49N. The molecule has 54 heavy (non-hydrogen) atoms. The topological polar surface area (TPSA) is 3.24 Å². The van der Waals surface area contributed by atoms with E-state index in [0.29, 0.717) is 5.92 Å². The fourth-order valence-corrected chi connectivity index (χ4v) is 9.05. The highest BCUT2D eigenvalue weighted by molar-refractivity contribution is 6.13. The van der Waals surface area contributed by atoms with Gasteiger partial charge in [-0.1, -0.05) is 163 Å². The zero-order valence-electron chi connectivity index (χ0n) is 32.4. The Morgan fingerprint density at radius 3 is 1.57 bits per heavy atom. The molecule has 8 aromatic carbocycles. The normalized spacial score (nSPS) is 14.8. The SMILES string of the molecule is CC(C)c1cc2c(cc1N(c1ccc(-c3cccc4ccccc34)cc1)c1ccc(-c3cc4ccccc4c4ccccc34)cc1)C(C)(C)CCC2(C)C. The van der Waals surface area contributed by atoms with Gasteiger partial charge in [-0.05, 0) is 137 Å². The lowest BCUT2D eigenvalue weighted by atomic mass is 9.62. The van der Waals surface area contributed by atoms with Crippen molar-refractivity contribution in [2.75, 3.05) is 4.90 Å². The lowest BCUT2D eigenvalue weighted by molar-refractivity contribution is 0.331. The van der Waals surface area contributed by atoms with Crippen molar-refractivity contribution in [3.8, 4) is 22.3 Å². The molecule has 0 N–H and O–H groups in total. The maximum absolute atomic E-state index is 2.56. The molecule has 0 atom stereocenters. The number of hydrogen-bond donors (Lipinski definition) is 0. The molecule has 266 valence electrons. The molecule has 9 rings (SSSR count). The number of benzene rings is 8. The molecular weight excluding hydrogens is 651 g/mol. The molecule has 1 aliphatic rings. The minimum atomic E-state index is 0.0972. The molecule has 1 nitrogen and oxygen atoms in total. The fourth-order valence-electron chi connectivity index (χ4n) is 9.05. The number of nitrogens with zero attached hydrogens (tertiary/aromatic N) is 1. The summed E-state index contributed by atoms with van der Waals surface area (Å²) in [6, 6.07) is 58.9. The largest absolute Gasteiger partial charge is 0.310 e. The summed E-state index contributed by atoms with van der Waals surface area (Å²) >= 11 is 0. The predicted octanol–water partition coefficient (Wildman–Crippen LogP) is 15.4. The van der Waals surface area contributed by atoms with Crippen LogP contribution in [0, 0.1) is 0 Å². The molecule has 0 fully saturated rings. The maximum atomic E-state index is 2.56. The summed E-state index contributed by atoms with van der Waals surface area (Å²) in [4.78, 5) is 2.52. The number of hydrogen-bond acceptors (Lipinski definition) is 1. The van der Waals surface area contributed by atoms with Crippen LogP contribution in [0.4, 0.5) is 17.1 Å². The van der Waals surface area contributed by atoms with Crippen LogP contribution in [0.1, 0.15) is 77.0 Å². The molecule has 0 saturated heterocycles. The van der Waals surface area contributed by atoms with Crippen LogP contribution in [0.3, 0.4) is 0 Å². The van der Waals surface area contributed by atoms with E-state index in [1.807, 2.05) is 0 Å². The van der Waals surface area contributed by atoms with Gasteiger partial charge in [0.2, 0.25) is 0 Å². The molecule has 0 aliphatic heterocycles. The average Bonchev–Trinajstić information content (AvgIpc) is 3.19. The van der Waals surface area contributed by atoms with Crippen molar-refractivity contribution in [3.63, 3.8) is 0 Å². The van der Waals surface area contributed by atoms with Crippen LogP contribution in [-0.2, 0) is 10.8 Å². The quantitative estimate of drug-likeness (QED) is 0.156. The van der Waals surface area contributed by atoms with Crippen LogP contribution in [0.2, 0.25) is 0 Å². The summed E-state index contributed by atoms with van der Waals surface area (Å²) < 4.78 is 0. The van der Waals surface area contributed by atoms with Crippen molar-refractivity contribution in [1.82, 2.24) is 0 Å². The Labute approximate surface area is 320 Å². The predicted molar refractivity (Wildman–Crippen MR) is 234 cm³/mol. The Hall–Kier alpha value is -5.66. The van der Waals surface area contributed by atoms with E-state index in [9.17, 15) is 0 Å². The summed E-state index contributed by atoms with van der Waals surface area (Å²) in [5.41, 5.74) is 13.2. The van der Waals surface area contributed by atoms with E-state index in [4.69, 9.17) is 0 Å². The van der Waals surface area contributed by atoms with E-state index < -0.39 is 0 Å². The number of fused-ring (bicyclic) bond motifs is 5. The molecule has 1 aliphatic carbocycles. The van der Waals surface area contributed by atoms with Gasteiger partial charge in [-0.2, -0.15) is 0 Å². The zero-order valence-corrected chi connectivity index (χ0v) is 32.4. The van der Waals surface area contributed by atoms with Gasteiger partial charge in [0.1, 0.15) is 0 Å². The average molecular weight is 700 g/mol. The lowest BCUT2D eigenvalue weighted by Crippen LogP contribution is -2.34. The summed E-state index contributed by atoms with van der Waals surface area (Å²) in [5.74, 6) is 0.354. The van der Waals surface area contributed by atoms with Gasteiger partial charge in [0.15, 0.2) is 0 Å². The van der Waals surface area contributed by atoms with Crippen LogP contribution in [-0.4, -0.2) is 0 Å². The van der Waals surface area contributed by atoms with Gasteiger partial charge in [0, 0.05) is 17.1 Å². The zero-order chi connectivity index (χ0) is 37.2. The van der Waals surface area contributed by atoms with E-state index >= 15 is 0 Å². The number of anilines is 3. The first-order valence-corrected chi connectivity index (χ1v) is 19.7. The van der Waals surface area contributed by atoms with Gasteiger partial charge in [-0.3, -0.25) is 0 Å². The van der Waals surface area contributed by atoms with Crippen molar-refractivity contribution in [2.45, 2.75) is 71.1 Å². The van der Waals surface area contributed by atoms with Crippen molar-refractivity contribution >= 4 is 49.4 Å². The molecule has 0 heterocycles. The highest BCUT2D eigenvalue weighted by atomic mass is 15.1. The minimum Gasteiger partial charge on any atom is -0.310 e. The van der Waals surface area contributed by atoms with Crippen molar-refractivity contribution in [3.05, 3.63) is 174 Å². The Morgan fingerprint density at radius 2 is 0.944 bits per heavy atom. The van der Waals surface area contributed by atoms with Crippen molar-refractivity contribution < 1.29 is 0 Å². The van der Waals surface area contributed by atoms with Gasteiger partial charge in [0.25, 0.3) is 0 Å². The lowest BCUT2D eigenvalue weighted by Gasteiger charge is -2.43. The van der Waals surface area contributed by atoms with E-state index in [0.717, 1.165) is 11.4 Å². The minimum absolute atomic E-state index is 0.0972. The third-order valence-electron chi connectivity index (χ3n) is 12.3. The highest BCUT2D eigenvalue weighted by Crippen LogP contribution is 2.51. The molecule has 0 amide bonds. The van der Waals surface area contributed by atoms with Gasteiger partial charge in [-0.15, -0.1) is 0 Å². The third kappa shape index (κ3) is 5.78. The van der Waals surface area contributed by atoms with Crippen molar-refractivity contribution in [1.29, 1.82) is 0 Å². The number of rotatable bonds is 6. The second-order valence-electron chi connectivity index (χ2n) is 17.0. The highest BCUT2D eigenvalue weighted by Gasteiger charge is 2.38. The first kappa shape index (κ1) is 34.1. The first-order valence-electron chi connectivity index (χ1n) is 19.7. The molecule has 0 bridgehead atoms. The van der Waals surface area contributed by atoms with Crippen LogP contribution < -0.4 is 4.90 Å². The molecule has 0 spiro atoms. The fraction of sp³-hybridized carbons (Fsp3) is 0.208. The van der Waals surface area contributed by atoms with Gasteiger partial charge >= 0.3 is 0 Å². The standard InChI is InChI=1S/C53H49N/c1-35(2)47-33-49-50(53(5,6)31-30-52(49,3)4)34-51(47)54(40-26-22-37(23-27-40)43-21-13-16-36-14-7-9-17-42(36)43)41-28-24-38(25-29-41)48-32-39-15-8-10-18-44(39)45-19-11-12-20-46(45)48/h7-29,32-35H,30-31H2,1-6H3. The van der Waals surface area contributed by atoms with Crippen molar-refractivity contribution in [2.24, 2.45) is 0 Å². The van der Waals surface area contributed by atoms with E-state index in [1.54, 1.807) is 0 Å². The van der Waals surface area contributed by atoms with Gasteiger partial charge < -0.3 is 4.90 Å². The van der Waals surface area contributed by atoms with Crippen LogP contribution >= 0.6 is 0 Å². The molecule has 1 heteroatoms. The van der Waals surface area contributed by atoms with Crippen LogP contribution in [0.25, 0.3) is 54.6 Å². The molecule has 0 radical (unpaired) electrons. The summed E-state index contributed by atoms with van der Waals surface area (Å²) in [5, 5.41) is 7.69. The monoisotopic (exact) mass is 699 g/mol. The van der Waals surface area contributed by atoms with Gasteiger partial charge in [-0.25, -0.2) is 0 Å². The third-order valence-corrected chi connectivity index (χ3v) is 12.3. The Kier molecular flexibility index (Phi) is 8.23. The summed E-state index contributed by atoms with van der Waals surface area (Å²) in [7, 11) is 0. The maximum Gasteiger partial charge on any atom is 0.0499 e. The molecule has 8 aromatic rings. The van der Waals surface area contributed by atoms with E-state index in [2.05, 4.69) is 204 Å². The first-order chi connectivity index (χ1) is 26.1. The summed E-state index contributed by atoms with van der Waals surface area (Å²) in [6.07, 6.45) is 2.38. The second-order valence-corrected chi connectivity index (χ2v) is 17.0. The molecule has 0 aromatic heterocycles. The smallest absolute Gasteiger partial charge is 0.0499 e.